The second-order valence-electron chi connectivity index (χ2n) is 10.3. The van der Waals surface area contributed by atoms with Gasteiger partial charge in [0, 0.05) is 0 Å². The van der Waals surface area contributed by atoms with Crippen LogP contribution in [0.15, 0.2) is 0 Å². The number of quaternary nitrogens is 3. The van der Waals surface area contributed by atoms with Crippen LogP contribution >= 0.6 is 8.60 Å². The Morgan fingerprint density at radius 3 is 0.568 bits per heavy atom. The fraction of sp³-hybridized carbons (Fsp3) is 1.00. The summed E-state index contributed by atoms with van der Waals surface area (Å²) in [5.74, 6) is 0. The van der Waals surface area contributed by atoms with Crippen molar-refractivity contribution in [1.82, 2.24) is 0 Å². The van der Waals surface area contributed by atoms with E-state index in [1.54, 1.807) is 0 Å². The topological polar surface area (TPSA) is 69.2 Å². The van der Waals surface area contributed by atoms with E-state index in [0.717, 1.165) is 0 Å². The Morgan fingerprint density at radius 2 is 0.486 bits per heavy atom. The number of rotatable bonds is 18. The zero-order valence-electron chi connectivity index (χ0n) is 27.7. The Balaban J connectivity index is -0.000000205. The first kappa shape index (κ1) is 44.2. The summed E-state index contributed by atoms with van der Waals surface area (Å²) in [7, 11) is -3.37. The van der Waals surface area contributed by atoms with Crippen LogP contribution in [-0.2, 0) is 0 Å². The normalized spacial score (nSPS) is 11.7. The highest BCUT2D eigenvalue weighted by atomic mass is 31.2. The molecule has 0 saturated heterocycles. The summed E-state index contributed by atoms with van der Waals surface area (Å²) in [5, 5.41) is 0. The molecule has 0 saturated carbocycles. The van der Waals surface area contributed by atoms with Crippen molar-refractivity contribution in [2.45, 2.75) is 122 Å². The van der Waals surface area contributed by atoms with Gasteiger partial charge in [-0.15, -0.1) is 0 Å². The van der Waals surface area contributed by atoms with Crippen molar-refractivity contribution < 1.29 is 28.1 Å². The molecule has 0 bridgehead atoms. The summed E-state index contributed by atoms with van der Waals surface area (Å²) < 4.78 is 3.94. The van der Waals surface area contributed by atoms with Gasteiger partial charge in [0.25, 0.3) is 0 Å². The number of nitrogens with zero attached hydrogens (tertiary/aromatic N) is 3. The molecule has 0 aliphatic carbocycles. The molecule has 0 N–H and O–H groups in total. The number of hydrogen-bond donors (Lipinski definition) is 0. The third-order valence-electron chi connectivity index (χ3n) is 9.00. The molecule has 230 valence electrons. The molecule has 0 aliphatic rings. The van der Waals surface area contributed by atoms with Crippen molar-refractivity contribution in [2.75, 3.05) is 78.5 Å². The molecule has 0 fully saturated rings. The van der Waals surface area contributed by atoms with E-state index in [2.05, 4.69) is 83.1 Å². The lowest BCUT2D eigenvalue weighted by molar-refractivity contribution is -0.923. The highest BCUT2D eigenvalue weighted by Crippen LogP contribution is 2.09. The largest absolute Gasteiger partial charge is 0.854 e. The summed E-state index contributed by atoms with van der Waals surface area (Å²) >= 11 is 0. The molecular formula is C30H72N3O3P. The highest BCUT2D eigenvalue weighted by Gasteiger charge is 2.20. The fourth-order valence-electron chi connectivity index (χ4n) is 4.92. The second kappa shape index (κ2) is 29.2. The minimum Gasteiger partial charge on any atom is -0.854 e. The first-order valence-corrected chi connectivity index (χ1v) is 16.9. The van der Waals surface area contributed by atoms with Gasteiger partial charge in [-0.25, -0.2) is 0 Å². The van der Waals surface area contributed by atoms with Crippen molar-refractivity contribution in [3.05, 3.63) is 0 Å². The molecule has 0 unspecified atom stereocenters. The lowest BCUT2D eigenvalue weighted by Gasteiger charge is -2.39. The summed E-state index contributed by atoms with van der Waals surface area (Å²) in [6, 6.07) is 0. The van der Waals surface area contributed by atoms with Gasteiger partial charge in [0.15, 0.2) is 0 Å². The van der Waals surface area contributed by atoms with Gasteiger partial charge >= 0.3 is 0 Å². The van der Waals surface area contributed by atoms with Gasteiger partial charge in [-0.05, 0) is 81.6 Å². The molecule has 0 aliphatic heterocycles. The first-order valence-electron chi connectivity index (χ1n) is 15.8. The molecule has 37 heavy (non-hydrogen) atoms. The Labute approximate surface area is 236 Å². The Hall–Kier alpha value is 0.190. The summed E-state index contributed by atoms with van der Waals surface area (Å²) in [4.78, 5) is 25.4. The van der Waals surface area contributed by atoms with Gasteiger partial charge in [-0.3, -0.25) is 0 Å². The van der Waals surface area contributed by atoms with Crippen LogP contribution in [0.4, 0.5) is 0 Å². The van der Waals surface area contributed by atoms with Gasteiger partial charge in [-0.2, -0.15) is 0 Å². The zero-order valence-corrected chi connectivity index (χ0v) is 28.6. The van der Waals surface area contributed by atoms with Gasteiger partial charge in [0.1, 0.15) is 0 Å². The third-order valence-corrected chi connectivity index (χ3v) is 9.00. The Kier molecular flexibility index (Phi) is 34.9. The van der Waals surface area contributed by atoms with Crippen LogP contribution in [-0.4, -0.2) is 92.0 Å². The van der Waals surface area contributed by atoms with Crippen molar-refractivity contribution in [1.29, 1.82) is 0 Å². The minimum atomic E-state index is -3.37. The van der Waals surface area contributed by atoms with Crippen LogP contribution in [0.1, 0.15) is 122 Å². The van der Waals surface area contributed by atoms with Crippen LogP contribution in [0.2, 0.25) is 0 Å². The smallest absolute Gasteiger partial charge is 0.0786 e. The first-order chi connectivity index (χ1) is 17.5. The SMILES string of the molecule is CCCC[N+](CC)(CC)CC.CCCC[N+](CC)(CC)CC.CCCC[N+](CC)(CC)CC.[O-]P([O-])[O-]. The van der Waals surface area contributed by atoms with E-state index in [1.165, 1.54) is 131 Å². The fourth-order valence-corrected chi connectivity index (χ4v) is 4.92. The molecule has 0 spiro atoms. The summed E-state index contributed by atoms with van der Waals surface area (Å²) in [5.41, 5.74) is 0. The van der Waals surface area contributed by atoms with Gasteiger partial charge in [0.05, 0.1) is 78.5 Å². The van der Waals surface area contributed by atoms with Gasteiger partial charge in [-0.1, -0.05) is 40.0 Å². The second-order valence-corrected chi connectivity index (χ2v) is 10.8. The van der Waals surface area contributed by atoms with E-state index < -0.39 is 8.60 Å². The lowest BCUT2D eigenvalue weighted by atomic mass is 10.2. The van der Waals surface area contributed by atoms with E-state index in [-0.39, 0.29) is 0 Å². The minimum absolute atomic E-state index is 1.30. The van der Waals surface area contributed by atoms with E-state index in [4.69, 9.17) is 14.7 Å². The van der Waals surface area contributed by atoms with Crippen molar-refractivity contribution in [2.24, 2.45) is 0 Å². The van der Waals surface area contributed by atoms with Gasteiger partial charge < -0.3 is 36.7 Å². The van der Waals surface area contributed by atoms with Crippen molar-refractivity contribution in [3.8, 4) is 0 Å². The molecule has 0 rings (SSSR count). The van der Waals surface area contributed by atoms with Crippen LogP contribution in [0.25, 0.3) is 0 Å². The van der Waals surface area contributed by atoms with Crippen LogP contribution < -0.4 is 14.7 Å². The predicted octanol–water partition coefficient (Wildman–Crippen LogP) is 5.28. The molecule has 0 amide bonds. The van der Waals surface area contributed by atoms with E-state index in [0.29, 0.717) is 0 Å². The lowest BCUT2D eigenvalue weighted by Crippen LogP contribution is -2.48. The molecule has 0 atom stereocenters. The Bertz CT molecular complexity index is 344. The van der Waals surface area contributed by atoms with Crippen molar-refractivity contribution >= 4 is 8.60 Å². The summed E-state index contributed by atoms with van der Waals surface area (Å²) in [6.07, 6.45) is 8.15. The van der Waals surface area contributed by atoms with Crippen LogP contribution in [0, 0.1) is 0 Å². The molecule has 0 aromatic carbocycles. The van der Waals surface area contributed by atoms with E-state index >= 15 is 0 Å². The average molecular weight is 554 g/mol. The summed E-state index contributed by atoms with van der Waals surface area (Å²) in [6.45, 7) is 43.4. The molecule has 0 aromatic rings. The van der Waals surface area contributed by atoms with E-state index in [9.17, 15) is 0 Å². The van der Waals surface area contributed by atoms with Crippen molar-refractivity contribution in [3.63, 3.8) is 0 Å². The molecule has 0 radical (unpaired) electrons. The predicted molar refractivity (Wildman–Crippen MR) is 162 cm³/mol. The maximum atomic E-state index is 8.48. The Morgan fingerprint density at radius 1 is 0.351 bits per heavy atom. The maximum Gasteiger partial charge on any atom is 0.0786 e. The van der Waals surface area contributed by atoms with Crippen LogP contribution in [0.5, 0.6) is 0 Å². The number of unbranched alkanes of at least 4 members (excludes halogenated alkanes) is 3. The number of hydrogen-bond acceptors (Lipinski definition) is 3. The highest BCUT2D eigenvalue weighted by molar-refractivity contribution is 7.33. The quantitative estimate of drug-likeness (QED) is 0.171. The molecule has 0 heterocycles. The average Bonchev–Trinajstić information content (AvgIpc) is 2.92. The zero-order chi connectivity index (χ0) is 29.8. The molecular weight excluding hydrogens is 481 g/mol. The van der Waals surface area contributed by atoms with E-state index in [1.807, 2.05) is 0 Å². The molecule has 0 aromatic heterocycles. The molecule has 6 nitrogen and oxygen atoms in total. The third kappa shape index (κ3) is 23.8. The molecule has 7 heteroatoms. The monoisotopic (exact) mass is 554 g/mol. The standard InChI is InChI=1S/3C10H24N.O3P/c3*1-5-9-10-11(6-2,7-3)8-4;1-4(2)3/h3*5-10H2,1-4H3;/q3*+1;-3. The maximum absolute atomic E-state index is 8.48. The van der Waals surface area contributed by atoms with Crippen LogP contribution in [0.3, 0.4) is 0 Å². The van der Waals surface area contributed by atoms with Gasteiger partial charge in [0.2, 0.25) is 0 Å².